The van der Waals surface area contributed by atoms with Crippen LogP contribution in [-0.2, 0) is 0 Å². The molecule has 0 bridgehead atoms. The van der Waals surface area contributed by atoms with E-state index in [1.54, 1.807) is 12.1 Å². The Balaban J connectivity index is 3.12. The topological polar surface area (TPSA) is 0 Å². The maximum absolute atomic E-state index is 5.73. The maximum atomic E-state index is 5.73. The summed E-state index contributed by atoms with van der Waals surface area (Å²) in [7, 11) is 0. The van der Waals surface area contributed by atoms with Crippen LogP contribution in [0.1, 0.15) is 5.56 Å². The van der Waals surface area contributed by atoms with E-state index in [2.05, 4.69) is 26.7 Å². The fourth-order valence-corrected chi connectivity index (χ4v) is 1.16. The molecule has 56 valence electrons. The molecule has 3 heteroatoms. The molecular weight excluding hydrogens is 247 g/mol. The molecule has 0 spiro atoms. The summed E-state index contributed by atoms with van der Waals surface area (Å²) >= 11 is 14.4. The standard InChI is InChI=1S/C8H3BrCl2/c9-4-3-6-1-2-7(10)8(11)5-6/h1-2,5H. The highest BCUT2D eigenvalue weighted by Gasteiger charge is 1.95. The van der Waals surface area contributed by atoms with E-state index in [4.69, 9.17) is 23.2 Å². The summed E-state index contributed by atoms with van der Waals surface area (Å²) in [5, 5.41) is 1.08. The van der Waals surface area contributed by atoms with E-state index in [-0.39, 0.29) is 0 Å². The zero-order chi connectivity index (χ0) is 8.27. The monoisotopic (exact) mass is 248 g/mol. The average molecular weight is 250 g/mol. The van der Waals surface area contributed by atoms with E-state index >= 15 is 0 Å². The van der Waals surface area contributed by atoms with Gasteiger partial charge < -0.3 is 0 Å². The van der Waals surface area contributed by atoms with Gasteiger partial charge in [0.2, 0.25) is 0 Å². The number of halogens is 3. The van der Waals surface area contributed by atoms with Crippen molar-refractivity contribution in [2.75, 3.05) is 0 Å². The quantitative estimate of drug-likeness (QED) is 0.616. The summed E-state index contributed by atoms with van der Waals surface area (Å²) < 4.78 is 0. The number of rotatable bonds is 0. The first kappa shape index (κ1) is 8.93. The van der Waals surface area contributed by atoms with Gasteiger partial charge in [-0.2, -0.15) is 0 Å². The van der Waals surface area contributed by atoms with Gasteiger partial charge in [0.1, 0.15) is 0 Å². The normalized spacial score (nSPS) is 8.64. The molecule has 1 aromatic rings. The van der Waals surface area contributed by atoms with Crippen molar-refractivity contribution in [3.05, 3.63) is 33.8 Å². The van der Waals surface area contributed by atoms with Crippen LogP contribution in [0.25, 0.3) is 0 Å². The van der Waals surface area contributed by atoms with Crippen LogP contribution in [0.5, 0.6) is 0 Å². The van der Waals surface area contributed by atoms with Crippen LogP contribution in [0, 0.1) is 10.8 Å². The highest BCUT2D eigenvalue weighted by molar-refractivity contribution is 9.12. The SMILES string of the molecule is Clc1ccc(C#CBr)cc1Cl. The molecule has 11 heavy (non-hydrogen) atoms. The Morgan fingerprint density at radius 2 is 1.91 bits per heavy atom. The highest BCUT2D eigenvalue weighted by atomic mass is 79.9. The highest BCUT2D eigenvalue weighted by Crippen LogP contribution is 2.21. The van der Waals surface area contributed by atoms with Gasteiger partial charge in [-0.25, -0.2) is 0 Å². The summed E-state index contributed by atoms with van der Waals surface area (Å²) in [5.74, 6) is 2.80. The van der Waals surface area contributed by atoms with Crippen molar-refractivity contribution in [1.82, 2.24) is 0 Å². The van der Waals surface area contributed by atoms with Crippen molar-refractivity contribution < 1.29 is 0 Å². The number of hydrogen-bond donors (Lipinski definition) is 0. The van der Waals surface area contributed by atoms with Crippen molar-refractivity contribution in [3.8, 4) is 10.8 Å². The van der Waals surface area contributed by atoms with Gasteiger partial charge in [0.15, 0.2) is 0 Å². The van der Waals surface area contributed by atoms with Gasteiger partial charge in [-0.15, -0.1) is 0 Å². The zero-order valence-corrected chi connectivity index (χ0v) is 8.46. The summed E-state index contributed by atoms with van der Waals surface area (Å²) in [5.41, 5.74) is 0.844. The molecule has 0 N–H and O–H groups in total. The molecule has 0 fully saturated rings. The molecule has 1 aromatic carbocycles. The molecule has 0 aliphatic carbocycles. The van der Waals surface area contributed by atoms with Gasteiger partial charge in [-0.05, 0) is 23.0 Å². The summed E-state index contributed by atoms with van der Waals surface area (Å²) in [6, 6.07) is 5.25. The second kappa shape index (κ2) is 4.01. The molecule has 0 heterocycles. The molecule has 0 aliphatic heterocycles. The molecule has 0 radical (unpaired) electrons. The third-order valence-electron chi connectivity index (χ3n) is 1.11. The van der Waals surface area contributed by atoms with Gasteiger partial charge in [0.25, 0.3) is 0 Å². The lowest BCUT2D eigenvalue weighted by Gasteiger charge is -1.94. The lowest BCUT2D eigenvalue weighted by molar-refractivity contribution is 1.65. The molecule has 0 unspecified atom stereocenters. The molecular formula is C8H3BrCl2. The Morgan fingerprint density at radius 1 is 1.18 bits per heavy atom. The lowest BCUT2D eigenvalue weighted by Crippen LogP contribution is -1.73. The molecule has 0 aromatic heterocycles. The number of benzene rings is 1. The Morgan fingerprint density at radius 3 is 2.45 bits per heavy atom. The van der Waals surface area contributed by atoms with E-state index in [1.807, 2.05) is 6.07 Å². The van der Waals surface area contributed by atoms with E-state index in [0.717, 1.165) is 5.56 Å². The zero-order valence-electron chi connectivity index (χ0n) is 5.37. The Kier molecular flexibility index (Phi) is 3.26. The van der Waals surface area contributed by atoms with E-state index in [0.29, 0.717) is 10.0 Å². The Labute approximate surface area is 83.6 Å². The van der Waals surface area contributed by atoms with Crippen molar-refractivity contribution >= 4 is 39.1 Å². The molecule has 0 saturated carbocycles. The minimum absolute atomic E-state index is 0.527. The van der Waals surface area contributed by atoms with E-state index in [1.165, 1.54) is 0 Å². The van der Waals surface area contributed by atoms with Crippen LogP contribution in [0.4, 0.5) is 0 Å². The van der Waals surface area contributed by atoms with Crippen LogP contribution in [0.2, 0.25) is 10.0 Å². The molecule has 0 amide bonds. The van der Waals surface area contributed by atoms with Crippen LogP contribution in [-0.4, -0.2) is 0 Å². The molecule has 0 nitrogen and oxygen atoms in total. The summed E-state index contributed by atoms with van der Waals surface area (Å²) in [4.78, 5) is 2.59. The summed E-state index contributed by atoms with van der Waals surface area (Å²) in [6.07, 6.45) is 0. The Bertz CT molecular complexity index is 323. The van der Waals surface area contributed by atoms with Gasteiger partial charge in [0.05, 0.1) is 10.0 Å². The van der Waals surface area contributed by atoms with Crippen molar-refractivity contribution in [2.45, 2.75) is 0 Å². The van der Waals surface area contributed by atoms with E-state index in [9.17, 15) is 0 Å². The first-order valence-electron chi connectivity index (χ1n) is 2.80. The van der Waals surface area contributed by atoms with Crippen molar-refractivity contribution in [3.63, 3.8) is 0 Å². The predicted octanol–water partition coefficient (Wildman–Crippen LogP) is 3.70. The third-order valence-corrected chi connectivity index (χ3v) is 2.05. The van der Waals surface area contributed by atoms with Crippen LogP contribution in [0.15, 0.2) is 18.2 Å². The van der Waals surface area contributed by atoms with Gasteiger partial charge in [-0.3, -0.25) is 0 Å². The summed E-state index contributed by atoms with van der Waals surface area (Å²) in [6.45, 7) is 0. The predicted molar refractivity (Wildman–Crippen MR) is 52.3 cm³/mol. The van der Waals surface area contributed by atoms with Crippen molar-refractivity contribution in [2.24, 2.45) is 0 Å². The molecule has 1 rings (SSSR count). The second-order valence-electron chi connectivity index (χ2n) is 1.85. The fourth-order valence-electron chi connectivity index (χ4n) is 0.628. The minimum atomic E-state index is 0.527. The van der Waals surface area contributed by atoms with Crippen molar-refractivity contribution in [1.29, 1.82) is 0 Å². The van der Waals surface area contributed by atoms with Gasteiger partial charge >= 0.3 is 0 Å². The maximum Gasteiger partial charge on any atom is 0.0604 e. The molecule has 0 saturated heterocycles. The fraction of sp³-hybridized carbons (Fsp3) is 0. The largest absolute Gasteiger partial charge is 0.0827 e. The third kappa shape index (κ3) is 2.41. The first-order valence-corrected chi connectivity index (χ1v) is 4.35. The smallest absolute Gasteiger partial charge is 0.0604 e. The second-order valence-corrected chi connectivity index (χ2v) is 3.06. The molecule has 0 aliphatic rings. The average Bonchev–Trinajstić information content (AvgIpc) is 1.98. The lowest BCUT2D eigenvalue weighted by atomic mass is 10.2. The minimum Gasteiger partial charge on any atom is -0.0827 e. The number of hydrogen-bond acceptors (Lipinski definition) is 0. The van der Waals surface area contributed by atoms with Gasteiger partial charge in [0, 0.05) is 21.5 Å². The Hall–Kier alpha value is -0.160. The molecule has 0 atom stereocenters. The van der Waals surface area contributed by atoms with Crippen LogP contribution >= 0.6 is 39.1 Å². The van der Waals surface area contributed by atoms with E-state index < -0.39 is 0 Å². The van der Waals surface area contributed by atoms with Gasteiger partial charge in [-0.1, -0.05) is 29.1 Å². The van der Waals surface area contributed by atoms with Crippen LogP contribution < -0.4 is 0 Å². The first-order chi connectivity index (χ1) is 5.24. The van der Waals surface area contributed by atoms with Crippen LogP contribution in [0.3, 0.4) is 0 Å².